The standard InChI is InChI=1S/C13H23ClN4/c1-4-11-10-12(14)17-13(16-11)15-8-7-9-18(5-2)6-3/h10H,4-9H2,1-3H3,(H,15,16,17). The zero-order chi connectivity index (χ0) is 13.4. The highest BCUT2D eigenvalue weighted by Gasteiger charge is 2.02. The summed E-state index contributed by atoms with van der Waals surface area (Å²) in [7, 11) is 0. The van der Waals surface area contributed by atoms with Gasteiger partial charge in [-0.2, -0.15) is 0 Å². The second-order valence-electron chi connectivity index (χ2n) is 4.17. The van der Waals surface area contributed by atoms with Gasteiger partial charge in [-0.05, 0) is 38.5 Å². The van der Waals surface area contributed by atoms with Gasteiger partial charge in [-0.15, -0.1) is 0 Å². The summed E-state index contributed by atoms with van der Waals surface area (Å²) >= 11 is 5.94. The highest BCUT2D eigenvalue weighted by atomic mass is 35.5. The number of hydrogen-bond donors (Lipinski definition) is 1. The van der Waals surface area contributed by atoms with Gasteiger partial charge in [0.2, 0.25) is 5.95 Å². The Morgan fingerprint density at radius 3 is 2.56 bits per heavy atom. The van der Waals surface area contributed by atoms with E-state index in [1.54, 1.807) is 0 Å². The Morgan fingerprint density at radius 1 is 1.22 bits per heavy atom. The quantitative estimate of drug-likeness (QED) is 0.583. The van der Waals surface area contributed by atoms with E-state index in [1.165, 1.54) is 0 Å². The van der Waals surface area contributed by atoms with Gasteiger partial charge in [0, 0.05) is 12.2 Å². The molecule has 1 N–H and O–H groups in total. The van der Waals surface area contributed by atoms with Crippen molar-refractivity contribution in [3.8, 4) is 0 Å². The normalized spacial score (nSPS) is 10.9. The predicted molar refractivity (Wildman–Crippen MR) is 77.3 cm³/mol. The van der Waals surface area contributed by atoms with E-state index >= 15 is 0 Å². The Labute approximate surface area is 115 Å². The molecule has 0 aliphatic carbocycles. The van der Waals surface area contributed by atoms with Crippen LogP contribution in [0.2, 0.25) is 5.15 Å². The Kier molecular flexibility index (Phi) is 6.98. The van der Waals surface area contributed by atoms with Crippen molar-refractivity contribution < 1.29 is 0 Å². The zero-order valence-corrected chi connectivity index (χ0v) is 12.3. The molecule has 0 amide bonds. The van der Waals surface area contributed by atoms with Gasteiger partial charge in [-0.25, -0.2) is 9.97 Å². The second-order valence-corrected chi connectivity index (χ2v) is 4.55. The van der Waals surface area contributed by atoms with Crippen molar-refractivity contribution in [1.29, 1.82) is 0 Å². The molecule has 0 spiro atoms. The average molecular weight is 271 g/mol. The fourth-order valence-corrected chi connectivity index (χ4v) is 1.97. The fourth-order valence-electron chi connectivity index (χ4n) is 1.77. The number of nitrogens with zero attached hydrogens (tertiary/aromatic N) is 3. The van der Waals surface area contributed by atoms with Gasteiger partial charge in [0.05, 0.1) is 0 Å². The van der Waals surface area contributed by atoms with E-state index in [-0.39, 0.29) is 0 Å². The lowest BCUT2D eigenvalue weighted by atomic mass is 10.3. The molecular weight excluding hydrogens is 248 g/mol. The molecule has 1 aromatic rings. The molecule has 0 saturated carbocycles. The van der Waals surface area contributed by atoms with Crippen molar-refractivity contribution in [3.05, 3.63) is 16.9 Å². The van der Waals surface area contributed by atoms with Gasteiger partial charge in [0.1, 0.15) is 5.15 Å². The van der Waals surface area contributed by atoms with Gasteiger partial charge in [0.25, 0.3) is 0 Å². The van der Waals surface area contributed by atoms with Crippen molar-refractivity contribution >= 4 is 17.5 Å². The lowest BCUT2D eigenvalue weighted by Crippen LogP contribution is -2.25. The zero-order valence-electron chi connectivity index (χ0n) is 11.5. The summed E-state index contributed by atoms with van der Waals surface area (Å²) in [4.78, 5) is 11.0. The number of nitrogens with one attached hydrogen (secondary N) is 1. The molecule has 0 aromatic carbocycles. The molecule has 1 aromatic heterocycles. The molecule has 0 unspecified atom stereocenters. The molecule has 18 heavy (non-hydrogen) atoms. The average Bonchev–Trinajstić information content (AvgIpc) is 2.38. The van der Waals surface area contributed by atoms with E-state index < -0.39 is 0 Å². The van der Waals surface area contributed by atoms with Gasteiger partial charge >= 0.3 is 0 Å². The molecule has 1 heterocycles. The van der Waals surface area contributed by atoms with Crippen LogP contribution in [0.3, 0.4) is 0 Å². The molecule has 0 aliphatic heterocycles. The largest absolute Gasteiger partial charge is 0.354 e. The first-order valence-corrected chi connectivity index (χ1v) is 7.07. The van der Waals surface area contributed by atoms with Crippen LogP contribution in [0, 0.1) is 0 Å². The molecule has 0 aliphatic rings. The van der Waals surface area contributed by atoms with Crippen LogP contribution in [0.15, 0.2) is 6.07 Å². The number of rotatable bonds is 8. The van der Waals surface area contributed by atoms with Crippen molar-refractivity contribution in [2.24, 2.45) is 0 Å². The summed E-state index contributed by atoms with van der Waals surface area (Å²) in [6.45, 7) is 10.6. The number of aromatic nitrogens is 2. The van der Waals surface area contributed by atoms with Gasteiger partial charge in [-0.3, -0.25) is 0 Å². The molecular formula is C13H23ClN4. The highest BCUT2D eigenvalue weighted by Crippen LogP contribution is 2.10. The first-order chi connectivity index (χ1) is 8.69. The number of halogens is 1. The van der Waals surface area contributed by atoms with Crippen molar-refractivity contribution in [2.75, 3.05) is 31.5 Å². The van der Waals surface area contributed by atoms with Crippen molar-refractivity contribution in [2.45, 2.75) is 33.6 Å². The summed E-state index contributed by atoms with van der Waals surface area (Å²) in [5, 5.41) is 3.74. The summed E-state index contributed by atoms with van der Waals surface area (Å²) in [6.07, 6.45) is 1.95. The molecule has 0 radical (unpaired) electrons. The summed E-state index contributed by atoms with van der Waals surface area (Å²) < 4.78 is 0. The first kappa shape index (κ1) is 15.2. The van der Waals surface area contributed by atoms with Crippen LogP contribution >= 0.6 is 11.6 Å². The second kappa shape index (κ2) is 8.27. The minimum absolute atomic E-state index is 0.507. The molecule has 4 nitrogen and oxygen atoms in total. The van der Waals surface area contributed by atoms with E-state index in [9.17, 15) is 0 Å². The van der Waals surface area contributed by atoms with E-state index in [0.717, 1.165) is 44.7 Å². The summed E-state index contributed by atoms with van der Waals surface area (Å²) in [5.74, 6) is 0.638. The topological polar surface area (TPSA) is 41.1 Å². The molecule has 1 rings (SSSR count). The smallest absolute Gasteiger partial charge is 0.224 e. The van der Waals surface area contributed by atoms with Crippen LogP contribution < -0.4 is 5.32 Å². The number of aryl methyl sites for hydroxylation is 1. The molecule has 5 heteroatoms. The Morgan fingerprint density at radius 2 is 1.94 bits per heavy atom. The highest BCUT2D eigenvalue weighted by molar-refractivity contribution is 6.29. The van der Waals surface area contributed by atoms with Crippen molar-refractivity contribution in [1.82, 2.24) is 14.9 Å². The first-order valence-electron chi connectivity index (χ1n) is 6.69. The molecule has 0 atom stereocenters. The van der Waals surface area contributed by atoms with Crippen LogP contribution in [0.4, 0.5) is 5.95 Å². The van der Waals surface area contributed by atoms with Crippen LogP contribution in [0.5, 0.6) is 0 Å². The monoisotopic (exact) mass is 270 g/mol. The van der Waals surface area contributed by atoms with Crippen LogP contribution in [-0.4, -0.2) is 41.0 Å². The maximum absolute atomic E-state index is 5.94. The third-order valence-electron chi connectivity index (χ3n) is 2.94. The minimum atomic E-state index is 0.507. The Hall–Kier alpha value is -0.870. The van der Waals surface area contributed by atoms with Crippen molar-refractivity contribution in [3.63, 3.8) is 0 Å². The Balaban J connectivity index is 2.37. The van der Waals surface area contributed by atoms with E-state index in [2.05, 4.69) is 41.0 Å². The van der Waals surface area contributed by atoms with E-state index in [1.807, 2.05) is 6.07 Å². The van der Waals surface area contributed by atoms with Crippen LogP contribution in [0.1, 0.15) is 32.9 Å². The fraction of sp³-hybridized carbons (Fsp3) is 0.692. The van der Waals surface area contributed by atoms with E-state index in [4.69, 9.17) is 11.6 Å². The molecule has 0 saturated heterocycles. The van der Waals surface area contributed by atoms with E-state index in [0.29, 0.717) is 11.1 Å². The minimum Gasteiger partial charge on any atom is -0.354 e. The maximum Gasteiger partial charge on any atom is 0.224 e. The van der Waals surface area contributed by atoms with Gasteiger partial charge in [0.15, 0.2) is 0 Å². The lowest BCUT2D eigenvalue weighted by Gasteiger charge is -2.17. The summed E-state index contributed by atoms with van der Waals surface area (Å²) in [5.41, 5.74) is 0.973. The third-order valence-corrected chi connectivity index (χ3v) is 3.13. The molecule has 0 fully saturated rings. The third kappa shape index (κ3) is 5.19. The number of anilines is 1. The SMILES string of the molecule is CCc1cc(Cl)nc(NCCCN(CC)CC)n1. The van der Waals surface area contributed by atoms with Crippen LogP contribution in [0.25, 0.3) is 0 Å². The lowest BCUT2D eigenvalue weighted by molar-refractivity contribution is 0.303. The summed E-state index contributed by atoms with van der Waals surface area (Å²) in [6, 6.07) is 1.81. The molecule has 102 valence electrons. The van der Waals surface area contributed by atoms with Gasteiger partial charge in [-0.1, -0.05) is 32.4 Å². The van der Waals surface area contributed by atoms with Gasteiger partial charge < -0.3 is 10.2 Å². The Bertz CT molecular complexity index is 353. The maximum atomic E-state index is 5.94. The molecule has 0 bridgehead atoms. The number of hydrogen-bond acceptors (Lipinski definition) is 4. The van der Waals surface area contributed by atoms with Crippen LogP contribution in [-0.2, 0) is 6.42 Å². The predicted octanol–water partition coefficient (Wildman–Crippen LogP) is 2.84.